The van der Waals surface area contributed by atoms with E-state index in [9.17, 15) is 14.4 Å². The number of hydrogen-bond donors (Lipinski definition) is 0. The Morgan fingerprint density at radius 3 is 1.12 bits per heavy atom. The molecule has 0 saturated carbocycles. The highest BCUT2D eigenvalue weighted by Gasteiger charge is 2.17. The van der Waals surface area contributed by atoms with Crippen LogP contribution in [0, 0.1) is 11.8 Å². The van der Waals surface area contributed by atoms with Crippen LogP contribution >= 0.6 is 0 Å². The lowest BCUT2D eigenvalue weighted by molar-refractivity contribution is -0.146. The quantitative estimate of drug-likeness (QED) is 0.0340. The third-order valence-electron chi connectivity index (χ3n) is 12.4. The average Bonchev–Trinajstić information content (AvgIpc) is 3.25. The SMILES string of the molecule is CCCCCCC(CCCCCC)COC(=O)CCCCCN(CCCCCC(=O)OCC(CCCCCC)CCCCCC)C(=O)OCCN(CC)CCN(CC)CC. The number of hydrogen-bond acceptors (Lipinski definition) is 8. The van der Waals surface area contributed by atoms with E-state index in [2.05, 4.69) is 58.3 Å². The summed E-state index contributed by atoms with van der Waals surface area (Å²) in [6.45, 7) is 23.9. The van der Waals surface area contributed by atoms with Crippen molar-refractivity contribution in [1.29, 1.82) is 0 Å². The van der Waals surface area contributed by atoms with Gasteiger partial charge in [0.25, 0.3) is 0 Å². The van der Waals surface area contributed by atoms with Gasteiger partial charge in [-0.3, -0.25) is 14.5 Å². The summed E-state index contributed by atoms with van der Waals surface area (Å²) in [5.41, 5.74) is 0. The second-order valence-electron chi connectivity index (χ2n) is 17.7. The van der Waals surface area contributed by atoms with Crippen molar-refractivity contribution in [3.8, 4) is 0 Å². The molecule has 60 heavy (non-hydrogen) atoms. The third kappa shape index (κ3) is 35.7. The largest absolute Gasteiger partial charge is 0.465 e. The first-order valence-electron chi connectivity index (χ1n) is 26.0. The summed E-state index contributed by atoms with van der Waals surface area (Å²) >= 11 is 0. The number of amides is 1. The van der Waals surface area contributed by atoms with Crippen LogP contribution in [0.5, 0.6) is 0 Å². The van der Waals surface area contributed by atoms with Crippen LogP contribution in [-0.2, 0) is 23.8 Å². The van der Waals surface area contributed by atoms with Crippen molar-refractivity contribution in [3.05, 3.63) is 0 Å². The van der Waals surface area contributed by atoms with E-state index < -0.39 is 0 Å². The lowest BCUT2D eigenvalue weighted by Crippen LogP contribution is -2.38. The molecule has 0 heterocycles. The minimum absolute atomic E-state index is 0.0900. The summed E-state index contributed by atoms with van der Waals surface area (Å²) in [4.78, 5) is 45.4. The maximum atomic E-state index is 13.4. The first kappa shape index (κ1) is 58.1. The Labute approximate surface area is 372 Å². The molecule has 0 N–H and O–H groups in total. The van der Waals surface area contributed by atoms with E-state index in [0.717, 1.165) is 103 Å². The first-order valence-corrected chi connectivity index (χ1v) is 26.0. The standard InChI is InChI=1S/C51H101N3O6/c1-8-15-19-25-33-47(34-26-20-16-9-2)45-59-49(55)37-29-23-31-39-54(51(57)58-44-43-53(14-7)42-41-52(12-5)13-6)40-32-24-30-38-50(56)60-46-48(35-27-21-17-10-3)36-28-22-18-11-4/h47-48H,8-46H2,1-7H3. The van der Waals surface area contributed by atoms with Gasteiger partial charge in [0.05, 0.1) is 13.2 Å². The Hall–Kier alpha value is -1.87. The van der Waals surface area contributed by atoms with E-state index in [4.69, 9.17) is 14.2 Å². The van der Waals surface area contributed by atoms with E-state index in [1.54, 1.807) is 0 Å². The number of carbonyl (C=O) groups excluding carboxylic acids is 3. The zero-order valence-corrected chi connectivity index (χ0v) is 41.0. The van der Waals surface area contributed by atoms with Crippen molar-refractivity contribution in [2.75, 3.05) is 72.2 Å². The fourth-order valence-corrected chi connectivity index (χ4v) is 8.02. The predicted octanol–water partition coefficient (Wildman–Crippen LogP) is 13.4. The Kier molecular flexibility index (Phi) is 42.4. The summed E-state index contributed by atoms with van der Waals surface area (Å²) in [7, 11) is 0. The molecule has 0 atom stereocenters. The number of ether oxygens (including phenoxy) is 3. The van der Waals surface area contributed by atoms with Crippen LogP contribution in [0.1, 0.15) is 228 Å². The number of esters is 2. The maximum Gasteiger partial charge on any atom is 0.409 e. The molecule has 356 valence electrons. The van der Waals surface area contributed by atoms with Crippen molar-refractivity contribution in [2.45, 2.75) is 228 Å². The monoisotopic (exact) mass is 852 g/mol. The van der Waals surface area contributed by atoms with Crippen molar-refractivity contribution in [1.82, 2.24) is 14.7 Å². The van der Waals surface area contributed by atoms with Gasteiger partial charge in [0, 0.05) is 45.6 Å². The number of unbranched alkanes of at least 4 members (excludes halogenated alkanes) is 16. The van der Waals surface area contributed by atoms with Gasteiger partial charge in [-0.1, -0.05) is 164 Å². The average molecular weight is 852 g/mol. The van der Waals surface area contributed by atoms with Gasteiger partial charge in [-0.25, -0.2) is 4.79 Å². The van der Waals surface area contributed by atoms with Crippen LogP contribution < -0.4 is 0 Å². The van der Waals surface area contributed by atoms with Crippen LogP contribution in [0.4, 0.5) is 4.79 Å². The Bertz CT molecular complexity index is 885. The van der Waals surface area contributed by atoms with Crippen LogP contribution in [0.3, 0.4) is 0 Å². The molecule has 0 radical (unpaired) electrons. The molecular weight excluding hydrogens is 751 g/mol. The van der Waals surface area contributed by atoms with Gasteiger partial charge in [-0.15, -0.1) is 0 Å². The second kappa shape index (κ2) is 43.8. The molecule has 0 aliphatic carbocycles. The number of carbonyl (C=O) groups is 3. The minimum Gasteiger partial charge on any atom is -0.465 e. The Morgan fingerprint density at radius 2 is 0.750 bits per heavy atom. The molecule has 0 rings (SSSR count). The van der Waals surface area contributed by atoms with Gasteiger partial charge >= 0.3 is 18.0 Å². The van der Waals surface area contributed by atoms with Crippen LogP contribution in [0.25, 0.3) is 0 Å². The van der Waals surface area contributed by atoms with Crippen molar-refractivity contribution < 1.29 is 28.6 Å². The molecule has 0 aromatic heterocycles. The highest BCUT2D eigenvalue weighted by molar-refractivity contribution is 5.69. The molecule has 1 amide bonds. The molecule has 0 aliphatic rings. The molecule has 9 nitrogen and oxygen atoms in total. The summed E-state index contributed by atoms with van der Waals surface area (Å²) in [6.07, 6.45) is 30.1. The zero-order chi connectivity index (χ0) is 44.3. The normalized spacial score (nSPS) is 11.7. The molecule has 0 bridgehead atoms. The number of likely N-dealkylation sites (N-methyl/N-ethyl adjacent to an activating group) is 2. The second-order valence-corrected chi connectivity index (χ2v) is 17.7. The van der Waals surface area contributed by atoms with Crippen molar-refractivity contribution >= 4 is 18.0 Å². The molecule has 0 unspecified atom stereocenters. The summed E-state index contributed by atoms with van der Waals surface area (Å²) < 4.78 is 17.5. The van der Waals surface area contributed by atoms with Crippen LogP contribution in [0.15, 0.2) is 0 Å². The minimum atomic E-state index is -0.263. The van der Waals surface area contributed by atoms with Gasteiger partial charge in [0.2, 0.25) is 0 Å². The van der Waals surface area contributed by atoms with E-state index in [1.807, 2.05) is 4.90 Å². The lowest BCUT2D eigenvalue weighted by Gasteiger charge is -2.26. The highest BCUT2D eigenvalue weighted by atomic mass is 16.6. The van der Waals surface area contributed by atoms with E-state index in [-0.39, 0.29) is 18.0 Å². The number of nitrogens with zero attached hydrogens (tertiary/aromatic N) is 3. The predicted molar refractivity (Wildman–Crippen MR) is 254 cm³/mol. The Balaban J connectivity index is 4.97. The summed E-state index contributed by atoms with van der Waals surface area (Å²) in [6, 6.07) is 0. The molecule has 0 aromatic rings. The lowest BCUT2D eigenvalue weighted by atomic mass is 9.95. The van der Waals surface area contributed by atoms with Crippen molar-refractivity contribution in [2.24, 2.45) is 11.8 Å². The van der Waals surface area contributed by atoms with E-state index in [1.165, 1.54) is 103 Å². The number of rotatable bonds is 45. The molecule has 9 heteroatoms. The smallest absolute Gasteiger partial charge is 0.409 e. The Morgan fingerprint density at radius 1 is 0.383 bits per heavy atom. The molecule has 0 aliphatic heterocycles. The van der Waals surface area contributed by atoms with Gasteiger partial charge in [-0.2, -0.15) is 0 Å². The third-order valence-corrected chi connectivity index (χ3v) is 12.4. The van der Waals surface area contributed by atoms with Crippen LogP contribution in [-0.4, -0.2) is 105 Å². The van der Waals surface area contributed by atoms with Gasteiger partial charge in [-0.05, 0) is 82.8 Å². The highest BCUT2D eigenvalue weighted by Crippen LogP contribution is 2.21. The molecule has 0 aromatic carbocycles. The summed E-state index contributed by atoms with van der Waals surface area (Å²) in [5, 5.41) is 0. The fraction of sp³-hybridized carbons (Fsp3) is 0.941. The van der Waals surface area contributed by atoms with Gasteiger partial charge < -0.3 is 24.0 Å². The first-order chi connectivity index (χ1) is 29.3. The molecule has 0 saturated heterocycles. The molecule has 0 spiro atoms. The topological polar surface area (TPSA) is 88.6 Å². The molecule has 0 fully saturated rings. The van der Waals surface area contributed by atoms with Gasteiger partial charge in [0.1, 0.15) is 6.61 Å². The van der Waals surface area contributed by atoms with Crippen LogP contribution in [0.2, 0.25) is 0 Å². The van der Waals surface area contributed by atoms with Gasteiger partial charge in [0.15, 0.2) is 0 Å². The zero-order valence-electron chi connectivity index (χ0n) is 41.0. The van der Waals surface area contributed by atoms with E-state index in [0.29, 0.717) is 57.6 Å². The molecular formula is C51H101N3O6. The summed E-state index contributed by atoms with van der Waals surface area (Å²) in [5.74, 6) is 0.769. The maximum absolute atomic E-state index is 13.4. The fourth-order valence-electron chi connectivity index (χ4n) is 8.02. The van der Waals surface area contributed by atoms with Crippen molar-refractivity contribution in [3.63, 3.8) is 0 Å². The van der Waals surface area contributed by atoms with E-state index >= 15 is 0 Å².